The number of amides is 1. The van der Waals surface area contributed by atoms with Gasteiger partial charge in [0, 0.05) is 30.5 Å². The molecule has 28 heavy (non-hydrogen) atoms. The van der Waals surface area contributed by atoms with Crippen molar-refractivity contribution in [3.8, 4) is 0 Å². The number of rotatable bonds is 5. The van der Waals surface area contributed by atoms with Crippen LogP contribution in [0, 0.1) is 5.92 Å². The lowest BCUT2D eigenvalue weighted by atomic mass is 10.1. The Bertz CT molecular complexity index is 851. The summed E-state index contributed by atoms with van der Waals surface area (Å²) in [5, 5.41) is 3.24. The quantitative estimate of drug-likeness (QED) is 0.680. The van der Waals surface area contributed by atoms with Gasteiger partial charge in [0.05, 0.1) is 11.1 Å². The van der Waals surface area contributed by atoms with Gasteiger partial charge in [-0.15, -0.1) is 0 Å². The Balaban J connectivity index is 1.85. The fourth-order valence-electron chi connectivity index (χ4n) is 3.51. The van der Waals surface area contributed by atoms with Crippen molar-refractivity contribution in [2.75, 3.05) is 18.9 Å². The number of benzene rings is 1. The van der Waals surface area contributed by atoms with Crippen molar-refractivity contribution in [3.63, 3.8) is 0 Å². The number of carbonyl (C=O) groups excluding carboxylic acids is 1. The van der Waals surface area contributed by atoms with Gasteiger partial charge in [-0.3, -0.25) is 4.79 Å². The first kappa shape index (κ1) is 20.5. The van der Waals surface area contributed by atoms with E-state index in [2.05, 4.69) is 10.3 Å². The van der Waals surface area contributed by atoms with E-state index in [-0.39, 0.29) is 5.82 Å². The van der Waals surface area contributed by atoms with Crippen molar-refractivity contribution in [2.45, 2.75) is 31.9 Å². The number of alkyl halides is 3. The van der Waals surface area contributed by atoms with Crippen molar-refractivity contribution in [3.05, 3.63) is 52.7 Å². The normalized spacial score (nSPS) is 14.9. The summed E-state index contributed by atoms with van der Waals surface area (Å²) in [7, 11) is 1.54. The van der Waals surface area contributed by atoms with Gasteiger partial charge in [0.1, 0.15) is 5.82 Å². The summed E-state index contributed by atoms with van der Waals surface area (Å²) in [5.74, 6) is -0.328. The van der Waals surface area contributed by atoms with E-state index in [0.29, 0.717) is 23.2 Å². The zero-order valence-electron chi connectivity index (χ0n) is 15.4. The van der Waals surface area contributed by atoms with Crippen LogP contribution < -0.4 is 5.32 Å². The van der Waals surface area contributed by atoms with Crippen LogP contribution in [0.2, 0.25) is 5.02 Å². The molecule has 0 atom stereocenters. The summed E-state index contributed by atoms with van der Waals surface area (Å²) in [4.78, 5) is 18.0. The lowest BCUT2D eigenvalue weighted by Gasteiger charge is -2.23. The molecule has 1 aromatic carbocycles. The van der Waals surface area contributed by atoms with Gasteiger partial charge < -0.3 is 10.2 Å². The van der Waals surface area contributed by atoms with Crippen molar-refractivity contribution in [2.24, 2.45) is 5.92 Å². The Morgan fingerprint density at radius 3 is 2.64 bits per heavy atom. The minimum absolute atomic E-state index is 0.00964. The van der Waals surface area contributed by atoms with Crippen LogP contribution in [-0.4, -0.2) is 29.4 Å². The minimum Gasteiger partial charge on any atom is -0.341 e. The molecule has 8 heteroatoms. The van der Waals surface area contributed by atoms with Crippen molar-refractivity contribution < 1.29 is 18.0 Å². The molecular formula is C20H21ClF3N3O. The van der Waals surface area contributed by atoms with Crippen LogP contribution in [0.5, 0.6) is 0 Å². The van der Waals surface area contributed by atoms with Crippen LogP contribution in [0.3, 0.4) is 0 Å². The Kier molecular flexibility index (Phi) is 6.13. The monoisotopic (exact) mass is 411 g/mol. The number of nitrogens with zero attached hydrogens (tertiary/aromatic N) is 2. The molecule has 1 N–H and O–H groups in total. The lowest BCUT2D eigenvalue weighted by Crippen LogP contribution is -2.32. The Morgan fingerprint density at radius 2 is 2.00 bits per heavy atom. The third kappa shape index (κ3) is 4.95. The smallest absolute Gasteiger partial charge is 0.341 e. The van der Waals surface area contributed by atoms with Gasteiger partial charge >= 0.3 is 6.18 Å². The highest BCUT2D eigenvalue weighted by Crippen LogP contribution is 2.34. The highest BCUT2D eigenvalue weighted by molar-refractivity contribution is 6.30. The van der Waals surface area contributed by atoms with Gasteiger partial charge in [-0.2, -0.15) is 13.2 Å². The summed E-state index contributed by atoms with van der Waals surface area (Å²) in [6.45, 7) is 0.457. The maximum atomic E-state index is 13.6. The van der Waals surface area contributed by atoms with E-state index in [4.69, 9.17) is 11.6 Å². The largest absolute Gasteiger partial charge is 0.417 e. The Labute approximate surface area is 166 Å². The molecule has 2 aromatic rings. The average Bonchev–Trinajstić information content (AvgIpc) is 3.13. The van der Waals surface area contributed by atoms with E-state index < -0.39 is 23.2 Å². The number of anilines is 2. The molecule has 1 aromatic heterocycles. The highest BCUT2D eigenvalue weighted by atomic mass is 35.5. The van der Waals surface area contributed by atoms with E-state index >= 15 is 0 Å². The molecule has 4 nitrogen and oxygen atoms in total. The van der Waals surface area contributed by atoms with Gasteiger partial charge in [-0.1, -0.05) is 30.5 Å². The summed E-state index contributed by atoms with van der Waals surface area (Å²) in [6.07, 6.45) is 0.531. The molecule has 150 valence electrons. The van der Waals surface area contributed by atoms with E-state index in [1.807, 2.05) is 0 Å². The van der Waals surface area contributed by atoms with Crippen LogP contribution in [0.1, 0.15) is 41.6 Å². The highest BCUT2D eigenvalue weighted by Gasteiger charge is 2.37. The minimum atomic E-state index is -4.67. The van der Waals surface area contributed by atoms with Crippen LogP contribution in [0.4, 0.5) is 24.7 Å². The van der Waals surface area contributed by atoms with Gasteiger partial charge in [-0.05, 0) is 43.0 Å². The summed E-state index contributed by atoms with van der Waals surface area (Å²) < 4.78 is 40.8. The number of aromatic nitrogens is 1. The number of nitrogens with one attached hydrogen (secondary N) is 1. The Morgan fingerprint density at radius 1 is 1.29 bits per heavy atom. The molecule has 0 radical (unpaired) electrons. The lowest BCUT2D eigenvalue weighted by molar-refractivity contribution is -0.138. The van der Waals surface area contributed by atoms with E-state index in [0.717, 1.165) is 37.9 Å². The van der Waals surface area contributed by atoms with Crippen molar-refractivity contribution in [1.82, 2.24) is 9.88 Å². The van der Waals surface area contributed by atoms with Gasteiger partial charge in [0.25, 0.3) is 5.91 Å². The average molecular weight is 412 g/mol. The van der Waals surface area contributed by atoms with E-state index in [1.165, 1.54) is 4.90 Å². The second-order valence-electron chi connectivity index (χ2n) is 7.08. The fourth-order valence-corrected chi connectivity index (χ4v) is 3.70. The number of halogens is 4. The maximum absolute atomic E-state index is 13.6. The first-order valence-electron chi connectivity index (χ1n) is 9.09. The summed E-state index contributed by atoms with van der Waals surface area (Å²) in [6, 6.07) is 7.42. The fraction of sp³-hybridized carbons (Fsp3) is 0.400. The molecule has 0 saturated heterocycles. The predicted molar refractivity (Wildman–Crippen MR) is 103 cm³/mol. The van der Waals surface area contributed by atoms with E-state index in [1.54, 1.807) is 31.3 Å². The molecule has 1 saturated carbocycles. The summed E-state index contributed by atoms with van der Waals surface area (Å²) in [5.41, 5.74) is -0.939. The van der Waals surface area contributed by atoms with Gasteiger partial charge in [-0.25, -0.2) is 4.98 Å². The molecule has 1 fully saturated rings. The zero-order chi connectivity index (χ0) is 20.3. The molecule has 1 amide bonds. The van der Waals surface area contributed by atoms with Crippen LogP contribution in [-0.2, 0) is 6.18 Å². The number of hydrogen-bond acceptors (Lipinski definition) is 3. The molecule has 1 aliphatic carbocycles. The molecular weight excluding hydrogens is 391 g/mol. The van der Waals surface area contributed by atoms with Crippen LogP contribution in [0.25, 0.3) is 0 Å². The van der Waals surface area contributed by atoms with Crippen molar-refractivity contribution >= 4 is 29.0 Å². The molecule has 0 bridgehead atoms. The number of pyridine rings is 1. The third-order valence-corrected chi connectivity index (χ3v) is 5.13. The zero-order valence-corrected chi connectivity index (χ0v) is 16.1. The topological polar surface area (TPSA) is 45.2 Å². The molecule has 0 unspecified atom stereocenters. The molecule has 1 aliphatic rings. The number of carbonyl (C=O) groups is 1. The first-order chi connectivity index (χ1) is 13.2. The molecule has 0 aliphatic heterocycles. The maximum Gasteiger partial charge on any atom is 0.417 e. The van der Waals surface area contributed by atoms with Gasteiger partial charge in [0.15, 0.2) is 0 Å². The molecule has 0 spiro atoms. The predicted octanol–water partition coefficient (Wildman–Crippen LogP) is 5.76. The standard InChI is InChI=1S/C20H21ClF3N3O/c1-27(12-13-5-2-3-6-13)19(28)16-11-25-18(10-17(16)20(22,23)24)26-15-8-4-7-14(21)9-15/h4,7-11,13H,2-3,5-6,12H2,1H3,(H,25,26). The van der Waals surface area contributed by atoms with E-state index in [9.17, 15) is 18.0 Å². The van der Waals surface area contributed by atoms with Crippen LogP contribution >= 0.6 is 11.6 Å². The Hall–Kier alpha value is -2.28. The van der Waals surface area contributed by atoms with Crippen molar-refractivity contribution in [1.29, 1.82) is 0 Å². The second kappa shape index (κ2) is 8.39. The summed E-state index contributed by atoms with van der Waals surface area (Å²) >= 11 is 5.90. The second-order valence-corrected chi connectivity index (χ2v) is 7.52. The molecule has 3 rings (SSSR count). The third-order valence-electron chi connectivity index (χ3n) is 4.89. The SMILES string of the molecule is CN(CC1CCCC1)C(=O)c1cnc(Nc2cccc(Cl)c2)cc1C(F)(F)F. The van der Waals surface area contributed by atoms with Crippen LogP contribution in [0.15, 0.2) is 36.5 Å². The number of hydrogen-bond donors (Lipinski definition) is 1. The molecule has 1 heterocycles. The van der Waals surface area contributed by atoms with Gasteiger partial charge in [0.2, 0.25) is 0 Å². The first-order valence-corrected chi connectivity index (χ1v) is 9.47.